The van der Waals surface area contributed by atoms with Crippen LogP contribution in [0.3, 0.4) is 0 Å². The summed E-state index contributed by atoms with van der Waals surface area (Å²) < 4.78 is 12.9. The molecule has 0 saturated carbocycles. The van der Waals surface area contributed by atoms with Crippen LogP contribution in [0.25, 0.3) is 10.6 Å². The van der Waals surface area contributed by atoms with Gasteiger partial charge in [-0.25, -0.2) is 9.37 Å². The molecular weight excluding hydrogens is 237 g/mol. The molecule has 2 rings (SSSR count). The Morgan fingerprint density at radius 2 is 2.27 bits per heavy atom. The second-order valence-corrected chi connectivity index (χ2v) is 4.28. The van der Waals surface area contributed by atoms with Gasteiger partial charge in [0.15, 0.2) is 6.29 Å². The van der Waals surface area contributed by atoms with Crippen LogP contribution in [0, 0.1) is 5.82 Å². The number of halogens is 2. The zero-order chi connectivity index (χ0) is 10.8. The summed E-state index contributed by atoms with van der Waals surface area (Å²) in [6.45, 7) is 0. The first-order chi connectivity index (χ1) is 7.20. The van der Waals surface area contributed by atoms with Crippen LogP contribution >= 0.6 is 22.9 Å². The van der Waals surface area contributed by atoms with E-state index in [0.29, 0.717) is 15.4 Å². The minimum Gasteiger partial charge on any atom is -0.297 e. The van der Waals surface area contributed by atoms with Gasteiger partial charge in [0, 0.05) is 11.8 Å². The molecule has 1 heterocycles. The van der Waals surface area contributed by atoms with Crippen molar-refractivity contribution < 1.29 is 9.18 Å². The Morgan fingerprint density at radius 1 is 1.47 bits per heavy atom. The highest BCUT2D eigenvalue weighted by Crippen LogP contribution is 2.27. The molecule has 0 unspecified atom stereocenters. The molecule has 0 aliphatic heterocycles. The van der Waals surface area contributed by atoms with Crippen LogP contribution in [0.2, 0.25) is 5.02 Å². The van der Waals surface area contributed by atoms with Gasteiger partial charge in [0.2, 0.25) is 0 Å². The maximum atomic E-state index is 12.9. The number of nitrogens with zero attached hydrogens (tertiary/aromatic N) is 1. The molecule has 0 aliphatic carbocycles. The van der Waals surface area contributed by atoms with E-state index in [-0.39, 0.29) is 5.02 Å². The number of hydrogen-bond donors (Lipinski definition) is 0. The van der Waals surface area contributed by atoms with Gasteiger partial charge in [-0.15, -0.1) is 11.3 Å². The molecule has 0 spiro atoms. The van der Waals surface area contributed by atoms with E-state index >= 15 is 0 Å². The van der Waals surface area contributed by atoms with Gasteiger partial charge in [0.05, 0.1) is 9.90 Å². The van der Waals surface area contributed by atoms with Crippen LogP contribution in [0.4, 0.5) is 4.39 Å². The lowest BCUT2D eigenvalue weighted by Gasteiger charge is -1.97. The summed E-state index contributed by atoms with van der Waals surface area (Å²) in [6, 6.07) is 4.35. The Morgan fingerprint density at radius 3 is 2.87 bits per heavy atom. The van der Waals surface area contributed by atoms with Crippen molar-refractivity contribution in [1.29, 1.82) is 0 Å². The predicted octanol–water partition coefficient (Wildman–Crippen LogP) is 3.42. The molecule has 0 saturated heterocycles. The first-order valence-corrected chi connectivity index (χ1v) is 5.26. The molecule has 0 radical (unpaired) electrons. The fraction of sp³-hybridized carbons (Fsp3) is 0. The molecule has 0 atom stereocenters. The topological polar surface area (TPSA) is 30.0 Å². The smallest absolute Gasteiger partial charge is 0.161 e. The van der Waals surface area contributed by atoms with Crippen molar-refractivity contribution in [2.75, 3.05) is 0 Å². The van der Waals surface area contributed by atoms with Gasteiger partial charge in [-0.05, 0) is 18.2 Å². The Labute approximate surface area is 94.3 Å². The van der Waals surface area contributed by atoms with E-state index in [9.17, 15) is 9.18 Å². The molecule has 0 N–H and O–H groups in total. The van der Waals surface area contributed by atoms with E-state index in [2.05, 4.69) is 4.98 Å². The second kappa shape index (κ2) is 4.08. The van der Waals surface area contributed by atoms with E-state index in [0.717, 1.165) is 6.29 Å². The van der Waals surface area contributed by atoms with Crippen LogP contribution in [0.15, 0.2) is 24.4 Å². The minimum absolute atomic E-state index is 0.0513. The maximum Gasteiger partial charge on any atom is 0.161 e. The number of aromatic nitrogens is 1. The summed E-state index contributed by atoms with van der Waals surface area (Å²) in [4.78, 5) is 15.0. The number of aldehydes is 1. The zero-order valence-corrected chi connectivity index (χ0v) is 8.98. The normalized spacial score (nSPS) is 10.3. The van der Waals surface area contributed by atoms with Crippen molar-refractivity contribution in [3.8, 4) is 10.6 Å². The van der Waals surface area contributed by atoms with Crippen LogP contribution < -0.4 is 0 Å². The lowest BCUT2D eigenvalue weighted by Crippen LogP contribution is -1.79. The number of benzene rings is 1. The molecule has 5 heteroatoms. The van der Waals surface area contributed by atoms with Gasteiger partial charge in [-0.3, -0.25) is 4.79 Å². The van der Waals surface area contributed by atoms with Crippen molar-refractivity contribution in [3.63, 3.8) is 0 Å². The van der Waals surface area contributed by atoms with Gasteiger partial charge in [0.1, 0.15) is 10.8 Å². The quantitative estimate of drug-likeness (QED) is 0.754. The fourth-order valence-electron chi connectivity index (χ4n) is 1.10. The highest BCUT2D eigenvalue weighted by molar-refractivity contribution is 7.16. The van der Waals surface area contributed by atoms with Gasteiger partial charge < -0.3 is 0 Å². The summed E-state index contributed by atoms with van der Waals surface area (Å²) in [5.41, 5.74) is 0.708. The number of carbonyl (C=O) groups is 1. The number of thiazole rings is 1. The molecular formula is C10H5ClFNOS. The fourth-order valence-corrected chi connectivity index (χ4v) is 2.01. The van der Waals surface area contributed by atoms with Crippen molar-refractivity contribution in [3.05, 3.63) is 40.1 Å². The lowest BCUT2D eigenvalue weighted by molar-refractivity contribution is 0.112. The van der Waals surface area contributed by atoms with E-state index in [1.165, 1.54) is 29.7 Å². The van der Waals surface area contributed by atoms with Crippen LogP contribution in [0.1, 0.15) is 9.67 Å². The van der Waals surface area contributed by atoms with Crippen LogP contribution in [-0.2, 0) is 0 Å². The second-order valence-electron chi connectivity index (χ2n) is 2.81. The highest BCUT2D eigenvalue weighted by atomic mass is 35.5. The maximum absolute atomic E-state index is 12.9. The Hall–Kier alpha value is -1.26. The van der Waals surface area contributed by atoms with Crippen LogP contribution in [-0.4, -0.2) is 11.3 Å². The molecule has 0 aliphatic rings. The first-order valence-electron chi connectivity index (χ1n) is 4.07. The first kappa shape index (κ1) is 10.3. The van der Waals surface area contributed by atoms with Gasteiger partial charge >= 0.3 is 0 Å². The minimum atomic E-state index is -0.465. The van der Waals surface area contributed by atoms with Crippen molar-refractivity contribution in [2.24, 2.45) is 0 Å². The largest absolute Gasteiger partial charge is 0.297 e. The SMILES string of the molecule is O=Cc1cnc(-c2ccc(F)c(Cl)c2)s1. The third-order valence-electron chi connectivity index (χ3n) is 1.81. The van der Waals surface area contributed by atoms with Gasteiger partial charge in [0.25, 0.3) is 0 Å². The van der Waals surface area contributed by atoms with Crippen LogP contribution in [0.5, 0.6) is 0 Å². The molecule has 1 aromatic heterocycles. The van der Waals surface area contributed by atoms with Crippen molar-refractivity contribution >= 4 is 29.2 Å². The standard InChI is InChI=1S/C10H5ClFNOS/c11-8-3-6(1-2-9(8)12)10-13-4-7(5-14)15-10/h1-5H. The van der Waals surface area contributed by atoms with E-state index in [4.69, 9.17) is 11.6 Å². The van der Waals surface area contributed by atoms with E-state index in [1.807, 2.05) is 0 Å². The average Bonchev–Trinajstić information content (AvgIpc) is 2.70. The molecule has 1 aromatic carbocycles. The summed E-state index contributed by atoms with van der Waals surface area (Å²) >= 11 is 6.88. The summed E-state index contributed by atoms with van der Waals surface area (Å²) in [7, 11) is 0. The molecule has 15 heavy (non-hydrogen) atoms. The zero-order valence-electron chi connectivity index (χ0n) is 7.41. The van der Waals surface area contributed by atoms with Crippen molar-refractivity contribution in [2.45, 2.75) is 0 Å². The molecule has 0 amide bonds. The average molecular weight is 242 g/mol. The molecule has 0 fully saturated rings. The van der Waals surface area contributed by atoms with Gasteiger partial charge in [-0.2, -0.15) is 0 Å². The Kier molecular flexibility index (Phi) is 2.79. The lowest BCUT2D eigenvalue weighted by atomic mass is 10.2. The monoisotopic (exact) mass is 241 g/mol. The predicted molar refractivity (Wildman–Crippen MR) is 57.9 cm³/mol. The Bertz CT molecular complexity index is 512. The molecule has 2 nitrogen and oxygen atoms in total. The summed E-state index contributed by atoms with van der Waals surface area (Å²) in [5.74, 6) is -0.465. The number of carbonyl (C=O) groups excluding carboxylic acids is 1. The van der Waals surface area contributed by atoms with E-state index in [1.54, 1.807) is 6.07 Å². The molecule has 76 valence electrons. The summed E-state index contributed by atoms with van der Waals surface area (Å²) in [6.07, 6.45) is 2.20. The third kappa shape index (κ3) is 2.06. The van der Waals surface area contributed by atoms with E-state index < -0.39 is 5.82 Å². The Balaban J connectivity index is 2.44. The number of rotatable bonds is 2. The molecule has 0 bridgehead atoms. The van der Waals surface area contributed by atoms with Crippen molar-refractivity contribution in [1.82, 2.24) is 4.98 Å². The van der Waals surface area contributed by atoms with Gasteiger partial charge in [-0.1, -0.05) is 11.6 Å². The molecule has 2 aromatic rings. The summed E-state index contributed by atoms with van der Waals surface area (Å²) in [5, 5.41) is 0.703. The number of hydrogen-bond acceptors (Lipinski definition) is 3. The highest BCUT2D eigenvalue weighted by Gasteiger charge is 2.06. The third-order valence-corrected chi connectivity index (χ3v) is 3.07.